The van der Waals surface area contributed by atoms with E-state index in [4.69, 9.17) is 0 Å². The number of hydrogen-bond acceptors (Lipinski definition) is 6. The standard InChI is InChI=1S/C20H25N3O4/c1-11-7-4-5-9-13(11)21-15-16(19(26)18(15)25)22-14-10-6-8-12(17(14)24)20(27)23(2)3/h6,8,10-11,13,21-22,24H,4-5,7,9H2,1-3H3/t11-,13-/m0/s1. The summed E-state index contributed by atoms with van der Waals surface area (Å²) in [5, 5.41) is 16.5. The zero-order valence-corrected chi connectivity index (χ0v) is 15.8. The Morgan fingerprint density at radius 2 is 1.78 bits per heavy atom. The maximum absolute atomic E-state index is 12.2. The van der Waals surface area contributed by atoms with Crippen LogP contribution in [-0.2, 0) is 0 Å². The molecule has 27 heavy (non-hydrogen) atoms. The van der Waals surface area contributed by atoms with Crippen molar-refractivity contribution in [3.8, 4) is 5.75 Å². The minimum Gasteiger partial charge on any atom is -0.505 e. The quantitative estimate of drug-likeness (QED) is 0.551. The van der Waals surface area contributed by atoms with Crippen LogP contribution in [0.15, 0.2) is 27.8 Å². The van der Waals surface area contributed by atoms with E-state index < -0.39 is 10.9 Å². The summed E-state index contributed by atoms with van der Waals surface area (Å²) in [4.78, 5) is 37.6. The number of hydrogen-bond donors (Lipinski definition) is 3. The third kappa shape index (κ3) is 3.54. The third-order valence-corrected chi connectivity index (χ3v) is 5.28. The first-order valence-electron chi connectivity index (χ1n) is 9.21. The molecule has 0 spiro atoms. The van der Waals surface area contributed by atoms with Gasteiger partial charge in [-0.2, -0.15) is 0 Å². The number of rotatable bonds is 5. The predicted molar refractivity (Wildman–Crippen MR) is 106 cm³/mol. The number of amides is 1. The molecule has 1 amide bonds. The Morgan fingerprint density at radius 1 is 1.11 bits per heavy atom. The second-order valence-corrected chi connectivity index (χ2v) is 7.45. The lowest BCUT2D eigenvalue weighted by Gasteiger charge is -2.31. The van der Waals surface area contributed by atoms with E-state index >= 15 is 0 Å². The molecular weight excluding hydrogens is 346 g/mol. The number of nitrogens with one attached hydrogen (secondary N) is 2. The number of para-hydroxylation sites is 1. The first kappa shape index (κ1) is 18.9. The molecule has 1 aliphatic carbocycles. The van der Waals surface area contributed by atoms with Crippen LogP contribution < -0.4 is 21.5 Å². The predicted octanol–water partition coefficient (Wildman–Crippen LogP) is 2.42. The smallest absolute Gasteiger partial charge is 0.257 e. The summed E-state index contributed by atoms with van der Waals surface area (Å²) >= 11 is 0. The molecule has 3 rings (SSSR count). The molecule has 7 nitrogen and oxygen atoms in total. The van der Waals surface area contributed by atoms with Crippen molar-refractivity contribution in [2.75, 3.05) is 24.7 Å². The molecule has 0 bridgehead atoms. The topological polar surface area (TPSA) is 98.7 Å². The Morgan fingerprint density at radius 3 is 2.44 bits per heavy atom. The van der Waals surface area contributed by atoms with Crippen molar-refractivity contribution in [3.05, 3.63) is 44.2 Å². The molecule has 2 aromatic rings. The fourth-order valence-corrected chi connectivity index (χ4v) is 3.56. The van der Waals surface area contributed by atoms with Gasteiger partial charge >= 0.3 is 0 Å². The van der Waals surface area contributed by atoms with E-state index in [2.05, 4.69) is 17.6 Å². The van der Waals surface area contributed by atoms with Gasteiger partial charge in [-0.1, -0.05) is 25.8 Å². The number of nitrogens with zero attached hydrogens (tertiary/aromatic N) is 1. The van der Waals surface area contributed by atoms with Crippen LogP contribution in [0.3, 0.4) is 0 Å². The second-order valence-electron chi connectivity index (χ2n) is 7.45. The fraction of sp³-hybridized carbons (Fsp3) is 0.450. The largest absolute Gasteiger partial charge is 0.505 e. The molecule has 7 heteroatoms. The van der Waals surface area contributed by atoms with Crippen molar-refractivity contribution in [2.45, 2.75) is 38.6 Å². The Hall–Kier alpha value is -2.83. The van der Waals surface area contributed by atoms with Gasteiger partial charge in [0.15, 0.2) is 5.75 Å². The molecule has 2 aromatic carbocycles. The summed E-state index contributed by atoms with van der Waals surface area (Å²) in [6, 6.07) is 4.83. The number of benzene rings is 1. The summed E-state index contributed by atoms with van der Waals surface area (Å²) in [5.41, 5.74) is -0.418. The van der Waals surface area contributed by atoms with Crippen LogP contribution in [0.4, 0.5) is 17.1 Å². The molecule has 1 saturated carbocycles. The summed E-state index contributed by atoms with van der Waals surface area (Å²) in [6.07, 6.45) is 4.31. The van der Waals surface area contributed by atoms with Crippen LogP contribution in [0, 0.1) is 5.92 Å². The molecule has 0 heterocycles. The van der Waals surface area contributed by atoms with Gasteiger partial charge in [0.05, 0.1) is 11.3 Å². The van der Waals surface area contributed by atoms with Crippen LogP contribution in [0.2, 0.25) is 0 Å². The van der Waals surface area contributed by atoms with Gasteiger partial charge in [-0.15, -0.1) is 0 Å². The van der Waals surface area contributed by atoms with Crippen LogP contribution >= 0.6 is 0 Å². The normalized spacial score (nSPS) is 19.7. The second kappa shape index (κ2) is 7.42. The van der Waals surface area contributed by atoms with Crippen molar-refractivity contribution >= 4 is 23.0 Å². The highest BCUT2D eigenvalue weighted by Gasteiger charge is 2.28. The average Bonchev–Trinajstić information content (AvgIpc) is 2.66. The van der Waals surface area contributed by atoms with Gasteiger partial charge in [-0.05, 0) is 30.9 Å². The molecule has 1 fully saturated rings. The van der Waals surface area contributed by atoms with E-state index in [0.717, 1.165) is 19.3 Å². The summed E-state index contributed by atoms with van der Waals surface area (Å²) < 4.78 is 0. The van der Waals surface area contributed by atoms with E-state index in [1.54, 1.807) is 26.2 Å². The first-order valence-corrected chi connectivity index (χ1v) is 9.21. The Labute approximate surface area is 157 Å². The van der Waals surface area contributed by atoms with E-state index in [1.165, 1.54) is 17.4 Å². The van der Waals surface area contributed by atoms with Crippen molar-refractivity contribution in [1.29, 1.82) is 0 Å². The highest BCUT2D eigenvalue weighted by molar-refractivity contribution is 5.99. The molecular formula is C20H25N3O4. The number of carbonyl (C=O) groups excluding carboxylic acids is 1. The van der Waals surface area contributed by atoms with Gasteiger partial charge in [0.25, 0.3) is 16.8 Å². The first-order chi connectivity index (χ1) is 12.8. The van der Waals surface area contributed by atoms with Gasteiger partial charge in [-0.25, -0.2) is 0 Å². The summed E-state index contributed by atoms with van der Waals surface area (Å²) in [7, 11) is 3.18. The van der Waals surface area contributed by atoms with Gasteiger partial charge in [0.1, 0.15) is 11.4 Å². The Bertz CT molecular complexity index is 928. The van der Waals surface area contributed by atoms with Gasteiger partial charge in [-0.3, -0.25) is 14.4 Å². The monoisotopic (exact) mass is 371 g/mol. The minimum atomic E-state index is -0.621. The lowest BCUT2D eigenvalue weighted by atomic mass is 9.85. The third-order valence-electron chi connectivity index (χ3n) is 5.28. The Kier molecular flexibility index (Phi) is 5.21. The van der Waals surface area contributed by atoms with Gasteiger partial charge in [0.2, 0.25) is 0 Å². The molecule has 0 radical (unpaired) electrons. The number of aromatic hydroxyl groups is 1. The van der Waals surface area contributed by atoms with E-state index in [9.17, 15) is 19.5 Å². The number of anilines is 3. The molecule has 1 aliphatic rings. The number of carbonyl (C=O) groups is 1. The summed E-state index contributed by atoms with van der Waals surface area (Å²) in [6.45, 7) is 2.14. The zero-order chi connectivity index (χ0) is 19.7. The molecule has 144 valence electrons. The molecule has 0 unspecified atom stereocenters. The highest BCUT2D eigenvalue weighted by atomic mass is 16.3. The molecule has 3 N–H and O–H groups in total. The van der Waals surface area contributed by atoms with Gasteiger partial charge in [0, 0.05) is 20.1 Å². The molecule has 0 saturated heterocycles. The van der Waals surface area contributed by atoms with Crippen LogP contribution in [0.1, 0.15) is 43.0 Å². The van der Waals surface area contributed by atoms with E-state index in [0.29, 0.717) is 5.92 Å². The molecule has 2 atom stereocenters. The van der Waals surface area contributed by atoms with Crippen molar-refractivity contribution in [3.63, 3.8) is 0 Å². The van der Waals surface area contributed by atoms with Crippen LogP contribution in [0.25, 0.3) is 0 Å². The maximum Gasteiger partial charge on any atom is 0.257 e. The number of phenolic OH excluding ortho intramolecular Hbond substituents is 1. The average molecular weight is 371 g/mol. The fourth-order valence-electron chi connectivity index (χ4n) is 3.56. The molecule has 0 aliphatic heterocycles. The van der Waals surface area contributed by atoms with Crippen molar-refractivity contribution < 1.29 is 9.90 Å². The van der Waals surface area contributed by atoms with Gasteiger partial charge < -0.3 is 20.6 Å². The number of phenols is 1. The summed E-state index contributed by atoms with van der Waals surface area (Å²) in [5.74, 6) is -0.179. The zero-order valence-electron chi connectivity index (χ0n) is 15.8. The molecule has 0 aromatic heterocycles. The lowest BCUT2D eigenvalue weighted by Crippen LogP contribution is -2.41. The van der Waals surface area contributed by atoms with Crippen molar-refractivity contribution in [1.82, 2.24) is 4.90 Å². The lowest BCUT2D eigenvalue weighted by molar-refractivity contribution is 0.0824. The van der Waals surface area contributed by atoms with Crippen molar-refractivity contribution in [2.24, 2.45) is 5.92 Å². The minimum absolute atomic E-state index is 0.124. The SMILES string of the molecule is C[C@H]1CCCC[C@@H]1Nc1c(Nc2cccc(C(=O)N(C)C)c2O)c(=O)c1=O. The van der Waals surface area contributed by atoms with Crippen LogP contribution in [0.5, 0.6) is 5.75 Å². The van der Waals surface area contributed by atoms with E-state index in [-0.39, 0.29) is 40.3 Å². The van der Waals surface area contributed by atoms with E-state index in [1.807, 2.05) is 0 Å². The maximum atomic E-state index is 12.2. The Balaban J connectivity index is 1.86. The van der Waals surface area contributed by atoms with Crippen LogP contribution in [-0.4, -0.2) is 36.1 Å². The highest BCUT2D eigenvalue weighted by Crippen LogP contribution is 2.33.